The maximum Gasteiger partial charge on any atom is 0.155 e. The summed E-state index contributed by atoms with van der Waals surface area (Å²) in [6.07, 6.45) is 5.08. The third-order valence-corrected chi connectivity index (χ3v) is 3.27. The van der Waals surface area contributed by atoms with Crippen LogP contribution >= 0.6 is 11.3 Å². The first-order valence-corrected chi connectivity index (χ1v) is 5.87. The molecule has 0 unspecified atom stereocenters. The molecule has 5 heteroatoms. The standard InChI is InChI=1S/C12H9N3OS/c13-11-10(9-2-1-7-16-9)15-12(17-11)8-3-5-14-6-4-8/h1-7H,13H2. The van der Waals surface area contributed by atoms with Crippen molar-refractivity contribution in [3.8, 4) is 22.0 Å². The number of hydrogen-bond donors (Lipinski definition) is 1. The van der Waals surface area contributed by atoms with Crippen LogP contribution in [0.2, 0.25) is 0 Å². The van der Waals surface area contributed by atoms with Gasteiger partial charge < -0.3 is 10.2 Å². The molecule has 0 radical (unpaired) electrons. The van der Waals surface area contributed by atoms with Crippen LogP contribution in [0, 0.1) is 0 Å². The van der Waals surface area contributed by atoms with Crippen LogP contribution in [0.3, 0.4) is 0 Å². The Hall–Kier alpha value is -2.14. The molecule has 0 aliphatic heterocycles. The van der Waals surface area contributed by atoms with Crippen molar-refractivity contribution in [1.82, 2.24) is 9.97 Å². The Labute approximate surface area is 102 Å². The second kappa shape index (κ2) is 4.03. The van der Waals surface area contributed by atoms with Gasteiger partial charge in [-0.1, -0.05) is 11.3 Å². The van der Waals surface area contributed by atoms with E-state index in [1.54, 1.807) is 18.7 Å². The van der Waals surface area contributed by atoms with Gasteiger partial charge in [0.25, 0.3) is 0 Å². The molecule has 0 aromatic carbocycles. The van der Waals surface area contributed by atoms with Gasteiger partial charge in [0.15, 0.2) is 5.76 Å². The van der Waals surface area contributed by atoms with E-state index in [0.717, 1.165) is 10.6 Å². The van der Waals surface area contributed by atoms with Crippen molar-refractivity contribution < 1.29 is 4.42 Å². The van der Waals surface area contributed by atoms with Crippen LogP contribution in [0.5, 0.6) is 0 Å². The first-order valence-electron chi connectivity index (χ1n) is 5.05. The van der Waals surface area contributed by atoms with Crippen molar-refractivity contribution in [3.05, 3.63) is 42.9 Å². The molecule has 0 bridgehead atoms. The van der Waals surface area contributed by atoms with Crippen LogP contribution in [0.4, 0.5) is 5.00 Å². The second-order valence-electron chi connectivity index (χ2n) is 3.45. The number of furan rings is 1. The van der Waals surface area contributed by atoms with Crippen LogP contribution in [0.15, 0.2) is 47.3 Å². The van der Waals surface area contributed by atoms with E-state index in [1.807, 2.05) is 24.3 Å². The summed E-state index contributed by atoms with van der Waals surface area (Å²) < 4.78 is 5.30. The molecule has 0 saturated heterocycles. The van der Waals surface area contributed by atoms with Crippen molar-refractivity contribution >= 4 is 16.3 Å². The Bertz CT molecular complexity index is 617. The minimum absolute atomic E-state index is 0.659. The normalized spacial score (nSPS) is 10.6. The van der Waals surface area contributed by atoms with E-state index in [9.17, 15) is 0 Å². The number of nitrogens with two attached hydrogens (primary N) is 1. The van der Waals surface area contributed by atoms with Gasteiger partial charge >= 0.3 is 0 Å². The highest BCUT2D eigenvalue weighted by molar-refractivity contribution is 7.19. The smallest absolute Gasteiger partial charge is 0.155 e. The molecule has 3 aromatic rings. The lowest BCUT2D eigenvalue weighted by atomic mass is 10.3. The molecule has 0 fully saturated rings. The molecule has 4 nitrogen and oxygen atoms in total. The van der Waals surface area contributed by atoms with E-state index in [-0.39, 0.29) is 0 Å². The largest absolute Gasteiger partial charge is 0.463 e. The fourth-order valence-corrected chi connectivity index (χ4v) is 2.38. The fourth-order valence-electron chi connectivity index (χ4n) is 1.54. The number of hydrogen-bond acceptors (Lipinski definition) is 5. The van der Waals surface area contributed by atoms with Gasteiger partial charge in [0, 0.05) is 18.0 Å². The molecular weight excluding hydrogens is 234 g/mol. The lowest BCUT2D eigenvalue weighted by Gasteiger charge is -1.92. The van der Waals surface area contributed by atoms with E-state index in [1.165, 1.54) is 11.3 Å². The molecule has 0 atom stereocenters. The van der Waals surface area contributed by atoms with Crippen LogP contribution in [-0.4, -0.2) is 9.97 Å². The van der Waals surface area contributed by atoms with Gasteiger partial charge in [-0.2, -0.15) is 0 Å². The maximum atomic E-state index is 5.95. The number of pyridine rings is 1. The molecule has 0 aliphatic rings. The van der Waals surface area contributed by atoms with Gasteiger partial charge in [0.2, 0.25) is 0 Å². The minimum Gasteiger partial charge on any atom is -0.463 e. The van der Waals surface area contributed by atoms with Crippen LogP contribution in [-0.2, 0) is 0 Å². The monoisotopic (exact) mass is 243 g/mol. The number of anilines is 1. The summed E-state index contributed by atoms with van der Waals surface area (Å²) >= 11 is 1.44. The second-order valence-corrected chi connectivity index (χ2v) is 4.48. The maximum absolute atomic E-state index is 5.95. The van der Waals surface area contributed by atoms with Crippen molar-refractivity contribution in [1.29, 1.82) is 0 Å². The molecule has 0 saturated carbocycles. The average Bonchev–Trinajstić information content (AvgIpc) is 2.99. The zero-order valence-corrected chi connectivity index (χ0v) is 9.65. The minimum atomic E-state index is 0.659. The van der Waals surface area contributed by atoms with Crippen molar-refractivity contribution in [2.24, 2.45) is 0 Å². The highest BCUT2D eigenvalue weighted by atomic mass is 32.1. The SMILES string of the molecule is Nc1sc(-c2ccncc2)nc1-c1ccco1. The molecule has 0 spiro atoms. The van der Waals surface area contributed by atoms with E-state index >= 15 is 0 Å². The first-order chi connectivity index (χ1) is 8.34. The zero-order valence-electron chi connectivity index (χ0n) is 8.83. The summed E-state index contributed by atoms with van der Waals surface area (Å²) in [4.78, 5) is 8.47. The van der Waals surface area contributed by atoms with E-state index in [0.29, 0.717) is 16.5 Å². The molecule has 2 N–H and O–H groups in total. The van der Waals surface area contributed by atoms with E-state index < -0.39 is 0 Å². The Balaban J connectivity index is 2.08. The predicted molar refractivity (Wildman–Crippen MR) is 67.5 cm³/mol. The Morgan fingerprint density at radius 2 is 2.00 bits per heavy atom. The van der Waals surface area contributed by atoms with Gasteiger partial charge in [-0.05, 0) is 24.3 Å². The molecule has 3 rings (SSSR count). The fraction of sp³-hybridized carbons (Fsp3) is 0. The summed E-state index contributed by atoms with van der Waals surface area (Å²) in [5.74, 6) is 0.694. The van der Waals surface area contributed by atoms with Gasteiger partial charge in [0.05, 0.1) is 6.26 Å². The summed E-state index contributed by atoms with van der Waals surface area (Å²) in [6.45, 7) is 0. The predicted octanol–water partition coefficient (Wildman–Crippen LogP) is 3.05. The topological polar surface area (TPSA) is 64.9 Å². The quantitative estimate of drug-likeness (QED) is 0.751. The van der Waals surface area contributed by atoms with Gasteiger partial charge in [-0.25, -0.2) is 4.98 Å². The van der Waals surface area contributed by atoms with E-state index in [4.69, 9.17) is 10.2 Å². The Morgan fingerprint density at radius 1 is 1.18 bits per heavy atom. The van der Waals surface area contributed by atoms with E-state index in [2.05, 4.69) is 9.97 Å². The van der Waals surface area contributed by atoms with Crippen LogP contribution in [0.1, 0.15) is 0 Å². The summed E-state index contributed by atoms with van der Waals surface area (Å²) in [7, 11) is 0. The van der Waals surface area contributed by atoms with Gasteiger partial charge in [0.1, 0.15) is 15.7 Å². The molecular formula is C12H9N3OS. The molecule has 17 heavy (non-hydrogen) atoms. The number of nitrogen functional groups attached to an aromatic ring is 1. The van der Waals surface area contributed by atoms with Crippen molar-refractivity contribution in [2.45, 2.75) is 0 Å². The Morgan fingerprint density at radius 3 is 2.71 bits per heavy atom. The lowest BCUT2D eigenvalue weighted by molar-refractivity contribution is 0.581. The number of thiazole rings is 1. The number of aromatic nitrogens is 2. The molecule has 3 heterocycles. The third kappa shape index (κ3) is 1.81. The zero-order chi connectivity index (χ0) is 11.7. The first kappa shape index (κ1) is 10.0. The van der Waals surface area contributed by atoms with Crippen molar-refractivity contribution in [2.75, 3.05) is 5.73 Å². The van der Waals surface area contributed by atoms with Gasteiger partial charge in [-0.3, -0.25) is 4.98 Å². The number of nitrogens with zero attached hydrogens (tertiary/aromatic N) is 2. The highest BCUT2D eigenvalue weighted by Crippen LogP contribution is 2.35. The molecule has 84 valence electrons. The van der Waals surface area contributed by atoms with Crippen LogP contribution in [0.25, 0.3) is 22.0 Å². The van der Waals surface area contributed by atoms with Crippen LogP contribution < -0.4 is 5.73 Å². The average molecular weight is 243 g/mol. The van der Waals surface area contributed by atoms with Crippen molar-refractivity contribution in [3.63, 3.8) is 0 Å². The third-order valence-electron chi connectivity index (χ3n) is 2.34. The number of rotatable bonds is 2. The summed E-state index contributed by atoms with van der Waals surface area (Å²) in [5.41, 5.74) is 7.66. The molecule has 0 aliphatic carbocycles. The Kier molecular flexibility index (Phi) is 2.38. The molecule has 3 aromatic heterocycles. The summed E-state index contributed by atoms with van der Waals surface area (Å²) in [6, 6.07) is 7.48. The molecule has 0 amide bonds. The highest BCUT2D eigenvalue weighted by Gasteiger charge is 2.13. The van der Waals surface area contributed by atoms with Gasteiger partial charge in [-0.15, -0.1) is 0 Å². The lowest BCUT2D eigenvalue weighted by Crippen LogP contribution is -1.83. The summed E-state index contributed by atoms with van der Waals surface area (Å²) in [5, 5.41) is 1.53.